The van der Waals surface area contributed by atoms with Crippen LogP contribution in [0.25, 0.3) is 0 Å². The lowest BCUT2D eigenvalue weighted by Gasteiger charge is -2.32. The topological polar surface area (TPSA) is 73.5 Å². The van der Waals surface area contributed by atoms with Crippen molar-refractivity contribution in [1.82, 2.24) is 20.9 Å². The van der Waals surface area contributed by atoms with E-state index in [9.17, 15) is 9.59 Å². The van der Waals surface area contributed by atoms with Crippen LogP contribution in [0, 0.1) is 5.92 Å². The molecule has 2 aromatic rings. The Hall–Kier alpha value is -2.86. The molecule has 0 unspecified atom stereocenters. The summed E-state index contributed by atoms with van der Waals surface area (Å²) in [5.74, 6) is 0.225. The molecule has 3 N–H and O–H groups in total. The molecule has 3 rings (SSSR count). The van der Waals surface area contributed by atoms with Crippen LogP contribution in [-0.2, 0) is 11.3 Å². The van der Waals surface area contributed by atoms with Crippen LogP contribution in [0.3, 0.4) is 0 Å². The molecule has 0 saturated carbocycles. The summed E-state index contributed by atoms with van der Waals surface area (Å²) in [6.07, 6.45) is 2.12. The first-order valence-electron chi connectivity index (χ1n) is 10.2. The Morgan fingerprint density at radius 2 is 1.62 bits per heavy atom. The van der Waals surface area contributed by atoms with Gasteiger partial charge in [0.15, 0.2) is 0 Å². The van der Waals surface area contributed by atoms with E-state index in [-0.39, 0.29) is 11.9 Å². The van der Waals surface area contributed by atoms with Gasteiger partial charge in [0.1, 0.15) is 6.04 Å². The Morgan fingerprint density at radius 3 is 2.24 bits per heavy atom. The number of likely N-dealkylation sites (tertiary alicyclic amines) is 1. The number of amides is 3. The lowest BCUT2D eigenvalue weighted by atomic mass is 9.96. The first-order valence-corrected chi connectivity index (χ1v) is 10.2. The van der Waals surface area contributed by atoms with E-state index < -0.39 is 6.04 Å². The molecule has 0 aliphatic carbocycles. The highest BCUT2D eigenvalue weighted by Crippen LogP contribution is 2.18. The number of carbonyl (C=O) groups is 2. The summed E-state index contributed by atoms with van der Waals surface area (Å²) in [7, 11) is 1.57. The van der Waals surface area contributed by atoms with Gasteiger partial charge in [-0.05, 0) is 43.0 Å². The highest BCUT2D eigenvalue weighted by Gasteiger charge is 2.23. The number of piperidine rings is 1. The van der Waals surface area contributed by atoms with E-state index in [2.05, 4.69) is 45.1 Å². The third-order valence-corrected chi connectivity index (χ3v) is 5.42. The van der Waals surface area contributed by atoms with Crippen LogP contribution < -0.4 is 16.0 Å². The van der Waals surface area contributed by atoms with Gasteiger partial charge in [-0.3, -0.25) is 9.69 Å². The van der Waals surface area contributed by atoms with Crippen molar-refractivity contribution < 1.29 is 9.59 Å². The highest BCUT2D eigenvalue weighted by atomic mass is 16.2. The molecule has 1 aliphatic rings. The van der Waals surface area contributed by atoms with E-state index >= 15 is 0 Å². The molecular weight excluding hydrogens is 364 g/mol. The van der Waals surface area contributed by atoms with Crippen molar-refractivity contribution in [3.05, 3.63) is 71.8 Å². The van der Waals surface area contributed by atoms with Gasteiger partial charge in [0.2, 0.25) is 5.91 Å². The number of carbonyl (C=O) groups excluding carboxylic acids is 2. The average molecular weight is 395 g/mol. The summed E-state index contributed by atoms with van der Waals surface area (Å²) in [6.45, 7) is 3.67. The minimum Gasteiger partial charge on any atom is -0.357 e. The van der Waals surface area contributed by atoms with Crippen LogP contribution in [0.5, 0.6) is 0 Å². The third-order valence-electron chi connectivity index (χ3n) is 5.42. The van der Waals surface area contributed by atoms with Crippen molar-refractivity contribution in [2.24, 2.45) is 5.92 Å². The zero-order valence-corrected chi connectivity index (χ0v) is 16.9. The smallest absolute Gasteiger partial charge is 0.315 e. The van der Waals surface area contributed by atoms with Gasteiger partial charge in [-0.25, -0.2) is 4.79 Å². The normalized spacial score (nSPS) is 16.0. The lowest BCUT2D eigenvalue weighted by molar-refractivity contribution is -0.122. The van der Waals surface area contributed by atoms with Crippen molar-refractivity contribution in [3.63, 3.8) is 0 Å². The molecular formula is C23H30N4O2. The number of nitrogens with one attached hydrogen (secondary N) is 3. The maximum absolute atomic E-state index is 12.4. The fourth-order valence-corrected chi connectivity index (χ4v) is 3.70. The highest BCUT2D eigenvalue weighted by molar-refractivity contribution is 5.87. The predicted octanol–water partition coefficient (Wildman–Crippen LogP) is 2.69. The Balaban J connectivity index is 1.43. The second kappa shape index (κ2) is 10.6. The maximum atomic E-state index is 12.4. The zero-order chi connectivity index (χ0) is 20.5. The number of urea groups is 1. The molecule has 154 valence electrons. The van der Waals surface area contributed by atoms with Crippen LogP contribution in [-0.4, -0.2) is 43.5 Å². The van der Waals surface area contributed by atoms with Crippen molar-refractivity contribution in [2.45, 2.75) is 25.4 Å². The number of hydrogen-bond donors (Lipinski definition) is 3. The Morgan fingerprint density at radius 1 is 1.00 bits per heavy atom. The van der Waals surface area contributed by atoms with E-state index in [0.717, 1.165) is 38.0 Å². The molecule has 1 aliphatic heterocycles. The summed E-state index contributed by atoms with van der Waals surface area (Å²) in [6, 6.07) is 18.8. The van der Waals surface area contributed by atoms with Crippen LogP contribution in [0.2, 0.25) is 0 Å². The van der Waals surface area contributed by atoms with E-state index in [1.54, 1.807) is 7.05 Å². The molecule has 3 amide bonds. The van der Waals surface area contributed by atoms with Gasteiger partial charge >= 0.3 is 6.03 Å². The van der Waals surface area contributed by atoms with E-state index in [1.165, 1.54) is 5.56 Å². The number of nitrogens with zero attached hydrogens (tertiary/aromatic N) is 1. The standard InChI is InChI=1S/C23H30N4O2/c1-24-22(28)21(20-10-6-3-7-11-20)26-23(29)25-16-18-12-14-27(15-13-18)17-19-8-4-2-5-9-19/h2-11,18,21H,12-17H2,1H3,(H,24,28)(H2,25,26,29)/t21-/m1/s1. The Bertz CT molecular complexity index is 774. The first-order chi connectivity index (χ1) is 14.2. The summed E-state index contributed by atoms with van der Waals surface area (Å²) < 4.78 is 0. The average Bonchev–Trinajstić information content (AvgIpc) is 2.78. The van der Waals surface area contributed by atoms with Gasteiger partial charge in [0.05, 0.1) is 0 Å². The van der Waals surface area contributed by atoms with Gasteiger partial charge < -0.3 is 16.0 Å². The number of benzene rings is 2. The van der Waals surface area contributed by atoms with Crippen molar-refractivity contribution in [1.29, 1.82) is 0 Å². The third kappa shape index (κ3) is 6.32. The van der Waals surface area contributed by atoms with Gasteiger partial charge in [-0.15, -0.1) is 0 Å². The summed E-state index contributed by atoms with van der Waals surface area (Å²) in [5.41, 5.74) is 2.10. The largest absolute Gasteiger partial charge is 0.357 e. The Labute approximate surface area is 172 Å². The van der Waals surface area contributed by atoms with Crippen LogP contribution in [0.15, 0.2) is 60.7 Å². The number of likely N-dealkylation sites (N-methyl/N-ethyl adjacent to an activating group) is 1. The molecule has 0 aromatic heterocycles. The van der Waals surface area contributed by atoms with Gasteiger partial charge in [-0.1, -0.05) is 60.7 Å². The SMILES string of the molecule is CNC(=O)[C@H](NC(=O)NCC1CCN(Cc2ccccc2)CC1)c1ccccc1. The van der Waals surface area contributed by atoms with Crippen molar-refractivity contribution >= 4 is 11.9 Å². The van der Waals surface area contributed by atoms with E-state index in [4.69, 9.17) is 0 Å². The molecule has 6 heteroatoms. The van der Waals surface area contributed by atoms with Crippen molar-refractivity contribution in [2.75, 3.05) is 26.7 Å². The fourth-order valence-electron chi connectivity index (χ4n) is 3.70. The second-order valence-electron chi connectivity index (χ2n) is 7.52. The molecule has 1 atom stereocenters. The molecule has 1 fully saturated rings. The monoisotopic (exact) mass is 394 g/mol. The molecule has 0 radical (unpaired) electrons. The minimum absolute atomic E-state index is 0.236. The Kier molecular flexibility index (Phi) is 7.64. The van der Waals surface area contributed by atoms with Gasteiger partial charge in [0, 0.05) is 20.1 Å². The molecule has 1 saturated heterocycles. The quantitative estimate of drug-likeness (QED) is 0.676. The molecule has 29 heavy (non-hydrogen) atoms. The number of hydrogen-bond acceptors (Lipinski definition) is 3. The van der Waals surface area contributed by atoms with Crippen LogP contribution in [0.4, 0.5) is 4.79 Å². The van der Waals surface area contributed by atoms with Crippen molar-refractivity contribution in [3.8, 4) is 0 Å². The molecule has 1 heterocycles. The predicted molar refractivity (Wildman–Crippen MR) is 114 cm³/mol. The molecule has 6 nitrogen and oxygen atoms in total. The fraction of sp³-hybridized carbons (Fsp3) is 0.391. The molecule has 0 bridgehead atoms. The van der Waals surface area contributed by atoms with Crippen LogP contribution in [0.1, 0.15) is 30.0 Å². The van der Waals surface area contributed by atoms with Crippen LogP contribution >= 0.6 is 0 Å². The van der Waals surface area contributed by atoms with Gasteiger partial charge in [0.25, 0.3) is 0 Å². The second-order valence-corrected chi connectivity index (χ2v) is 7.52. The minimum atomic E-state index is -0.700. The van der Waals surface area contributed by atoms with E-state index in [1.807, 2.05) is 36.4 Å². The first kappa shape index (κ1) is 20.9. The van der Waals surface area contributed by atoms with Gasteiger partial charge in [-0.2, -0.15) is 0 Å². The summed E-state index contributed by atoms with van der Waals surface area (Å²) in [4.78, 5) is 27.0. The molecule has 0 spiro atoms. The summed E-state index contributed by atoms with van der Waals surface area (Å²) >= 11 is 0. The lowest BCUT2D eigenvalue weighted by Crippen LogP contribution is -2.46. The maximum Gasteiger partial charge on any atom is 0.315 e. The zero-order valence-electron chi connectivity index (χ0n) is 16.9. The number of rotatable bonds is 7. The summed E-state index contributed by atoms with van der Waals surface area (Å²) in [5, 5.41) is 8.35. The molecule has 2 aromatic carbocycles. The van der Waals surface area contributed by atoms with E-state index in [0.29, 0.717) is 12.5 Å².